The molecule has 6 heteroatoms. The Balaban J connectivity index is 4.54. The molecule has 1 amide bonds. The van der Waals surface area contributed by atoms with E-state index >= 15 is 0 Å². The minimum atomic E-state index is -4.38. The fraction of sp³-hybridized carbons (Fsp3) is 0.909. The number of unbranched alkanes of at least 4 members (excludes halogenated alkanes) is 1. The second-order valence-corrected chi connectivity index (χ2v) is 4.42. The van der Waals surface area contributed by atoms with Crippen LogP contribution in [0.4, 0.5) is 13.2 Å². The van der Waals surface area contributed by atoms with E-state index in [1.165, 1.54) is 0 Å². The second kappa shape index (κ2) is 6.83. The molecule has 3 nitrogen and oxygen atoms in total. The van der Waals surface area contributed by atoms with E-state index in [4.69, 9.17) is 5.73 Å². The first-order valence-electron chi connectivity index (χ1n) is 5.81. The molecule has 0 bridgehead atoms. The third kappa shape index (κ3) is 6.51. The number of alkyl halides is 3. The molecule has 0 heterocycles. The molecular weight excluding hydrogens is 233 g/mol. The van der Waals surface area contributed by atoms with Crippen molar-refractivity contribution >= 4 is 5.91 Å². The number of amides is 1. The molecule has 0 aliphatic carbocycles. The van der Waals surface area contributed by atoms with E-state index in [-0.39, 0.29) is 0 Å². The summed E-state index contributed by atoms with van der Waals surface area (Å²) in [7, 11) is 0. The molecule has 0 radical (unpaired) electrons. The molecule has 0 saturated heterocycles. The lowest BCUT2D eigenvalue weighted by Crippen LogP contribution is -2.50. The van der Waals surface area contributed by atoms with Gasteiger partial charge in [-0.1, -0.05) is 19.8 Å². The maximum Gasteiger partial charge on any atom is 0.406 e. The summed E-state index contributed by atoms with van der Waals surface area (Å²) >= 11 is 0. The van der Waals surface area contributed by atoms with Gasteiger partial charge < -0.3 is 10.6 Å². The topological polar surface area (TPSA) is 46.3 Å². The van der Waals surface area contributed by atoms with Gasteiger partial charge in [0.15, 0.2) is 0 Å². The third-order valence-electron chi connectivity index (χ3n) is 2.44. The lowest BCUT2D eigenvalue weighted by atomic mass is 10.1. The normalized spacial score (nSPS) is 13.9. The van der Waals surface area contributed by atoms with Gasteiger partial charge in [-0.05, 0) is 20.3 Å². The van der Waals surface area contributed by atoms with Crippen LogP contribution in [0.5, 0.6) is 0 Å². The molecule has 102 valence electrons. The molecule has 0 aromatic carbocycles. The number of nitrogens with two attached hydrogens (primary N) is 1. The predicted octanol–water partition coefficient (Wildman–Crippen LogP) is 2.30. The summed E-state index contributed by atoms with van der Waals surface area (Å²) in [5.74, 6) is -0.620. The number of carbonyl (C=O) groups excluding carboxylic acids is 1. The van der Waals surface area contributed by atoms with E-state index in [0.717, 1.165) is 17.7 Å². The number of carbonyl (C=O) groups is 1. The van der Waals surface area contributed by atoms with Gasteiger partial charge in [0.05, 0.1) is 6.04 Å². The van der Waals surface area contributed by atoms with E-state index in [1.807, 2.05) is 6.92 Å². The first kappa shape index (κ1) is 16.2. The molecule has 0 spiro atoms. The van der Waals surface area contributed by atoms with Crippen LogP contribution in [0.3, 0.4) is 0 Å². The third-order valence-corrected chi connectivity index (χ3v) is 2.44. The average molecular weight is 254 g/mol. The van der Waals surface area contributed by atoms with Crippen LogP contribution < -0.4 is 5.73 Å². The quantitative estimate of drug-likeness (QED) is 0.790. The van der Waals surface area contributed by atoms with Gasteiger partial charge in [0.1, 0.15) is 6.54 Å². The molecule has 17 heavy (non-hydrogen) atoms. The number of halogens is 3. The standard InChI is InChI=1S/C11H21F3N2O/c1-4-5-6-9(15)10(17)16(8(2)3)7-11(12,13)14/h8-9H,4-7,15H2,1-3H3/t9-/m0/s1. The van der Waals surface area contributed by atoms with E-state index in [9.17, 15) is 18.0 Å². The minimum absolute atomic E-state index is 0.427. The van der Waals surface area contributed by atoms with Crippen molar-refractivity contribution in [2.24, 2.45) is 5.73 Å². The van der Waals surface area contributed by atoms with Crippen molar-refractivity contribution in [3.8, 4) is 0 Å². The Hall–Kier alpha value is -0.780. The summed E-state index contributed by atoms with van der Waals surface area (Å²) in [5, 5.41) is 0. The Kier molecular flexibility index (Phi) is 6.52. The van der Waals surface area contributed by atoms with Gasteiger partial charge in [-0.25, -0.2) is 0 Å². The Morgan fingerprint density at radius 2 is 1.88 bits per heavy atom. The summed E-state index contributed by atoms with van der Waals surface area (Å²) in [6, 6.07) is -1.34. The number of nitrogens with zero attached hydrogens (tertiary/aromatic N) is 1. The van der Waals surface area contributed by atoms with Crippen LogP contribution in [-0.2, 0) is 4.79 Å². The fourth-order valence-electron chi connectivity index (χ4n) is 1.47. The predicted molar refractivity (Wildman–Crippen MR) is 60.4 cm³/mol. The number of hydrogen-bond acceptors (Lipinski definition) is 2. The van der Waals surface area contributed by atoms with Crippen molar-refractivity contribution in [1.29, 1.82) is 0 Å². The van der Waals surface area contributed by atoms with Crippen LogP contribution >= 0.6 is 0 Å². The lowest BCUT2D eigenvalue weighted by molar-refractivity contribution is -0.165. The van der Waals surface area contributed by atoms with Crippen LogP contribution in [0, 0.1) is 0 Å². The Morgan fingerprint density at radius 1 is 1.35 bits per heavy atom. The van der Waals surface area contributed by atoms with Gasteiger partial charge in [-0.15, -0.1) is 0 Å². The summed E-state index contributed by atoms with van der Waals surface area (Å²) in [5.41, 5.74) is 5.60. The molecule has 0 aliphatic heterocycles. The second-order valence-electron chi connectivity index (χ2n) is 4.42. The highest BCUT2D eigenvalue weighted by Gasteiger charge is 2.35. The van der Waals surface area contributed by atoms with Crippen LogP contribution in [0.15, 0.2) is 0 Å². The van der Waals surface area contributed by atoms with E-state index in [1.54, 1.807) is 13.8 Å². The van der Waals surface area contributed by atoms with E-state index in [2.05, 4.69) is 0 Å². The highest BCUT2D eigenvalue weighted by molar-refractivity contribution is 5.81. The maximum absolute atomic E-state index is 12.3. The molecule has 2 N–H and O–H groups in total. The van der Waals surface area contributed by atoms with Crippen molar-refractivity contribution in [3.63, 3.8) is 0 Å². The molecular formula is C11H21F3N2O. The minimum Gasteiger partial charge on any atom is -0.330 e. The van der Waals surface area contributed by atoms with E-state index < -0.39 is 30.7 Å². The van der Waals surface area contributed by atoms with Gasteiger partial charge in [0, 0.05) is 6.04 Å². The van der Waals surface area contributed by atoms with Gasteiger partial charge in [0.25, 0.3) is 0 Å². The van der Waals surface area contributed by atoms with Gasteiger partial charge in [0.2, 0.25) is 5.91 Å². The first-order chi connectivity index (χ1) is 7.69. The fourth-order valence-corrected chi connectivity index (χ4v) is 1.47. The molecule has 0 unspecified atom stereocenters. The Labute approximate surface area is 100 Å². The molecule has 1 atom stereocenters. The molecule has 0 aromatic rings. The average Bonchev–Trinajstić information content (AvgIpc) is 2.19. The van der Waals surface area contributed by atoms with E-state index in [0.29, 0.717) is 6.42 Å². The summed E-state index contributed by atoms with van der Waals surface area (Å²) in [6.07, 6.45) is -2.35. The smallest absolute Gasteiger partial charge is 0.330 e. The van der Waals surface area contributed by atoms with Crippen molar-refractivity contribution < 1.29 is 18.0 Å². The Bertz CT molecular complexity index is 241. The molecule has 0 aromatic heterocycles. The lowest BCUT2D eigenvalue weighted by Gasteiger charge is -2.30. The first-order valence-corrected chi connectivity index (χ1v) is 5.81. The molecule has 0 aliphatic rings. The Morgan fingerprint density at radius 3 is 2.24 bits per heavy atom. The zero-order valence-corrected chi connectivity index (χ0v) is 10.5. The maximum atomic E-state index is 12.3. The van der Waals surface area contributed by atoms with Crippen LogP contribution in [0.25, 0.3) is 0 Å². The largest absolute Gasteiger partial charge is 0.406 e. The van der Waals surface area contributed by atoms with Gasteiger partial charge in [-0.3, -0.25) is 4.79 Å². The highest BCUT2D eigenvalue weighted by atomic mass is 19.4. The van der Waals surface area contributed by atoms with Crippen LogP contribution in [0.2, 0.25) is 0 Å². The van der Waals surface area contributed by atoms with Crippen molar-refractivity contribution in [1.82, 2.24) is 4.90 Å². The van der Waals surface area contributed by atoms with Crippen LogP contribution in [0.1, 0.15) is 40.0 Å². The van der Waals surface area contributed by atoms with Crippen LogP contribution in [-0.4, -0.2) is 35.6 Å². The summed E-state index contributed by atoms with van der Waals surface area (Å²) < 4.78 is 36.9. The zero-order valence-electron chi connectivity index (χ0n) is 10.5. The molecule has 0 saturated carbocycles. The summed E-state index contributed by atoms with van der Waals surface area (Å²) in [4.78, 5) is 12.6. The summed E-state index contributed by atoms with van der Waals surface area (Å²) in [6.45, 7) is 3.81. The van der Waals surface area contributed by atoms with Gasteiger partial charge in [-0.2, -0.15) is 13.2 Å². The van der Waals surface area contributed by atoms with Crippen molar-refractivity contribution in [3.05, 3.63) is 0 Å². The number of hydrogen-bond donors (Lipinski definition) is 1. The van der Waals surface area contributed by atoms with Crippen molar-refractivity contribution in [2.75, 3.05) is 6.54 Å². The highest BCUT2D eigenvalue weighted by Crippen LogP contribution is 2.19. The zero-order chi connectivity index (χ0) is 13.6. The van der Waals surface area contributed by atoms with Gasteiger partial charge >= 0.3 is 6.18 Å². The molecule has 0 rings (SSSR count). The van der Waals surface area contributed by atoms with Crippen molar-refractivity contribution in [2.45, 2.75) is 58.3 Å². The number of rotatable bonds is 6. The molecule has 0 fully saturated rings. The SMILES string of the molecule is CCCC[C@H](N)C(=O)N(CC(F)(F)F)C(C)C. The monoisotopic (exact) mass is 254 g/mol.